The van der Waals surface area contributed by atoms with Crippen LogP contribution in [0, 0.1) is 5.82 Å². The van der Waals surface area contributed by atoms with E-state index in [-0.39, 0.29) is 41.5 Å². The molecule has 0 spiro atoms. The van der Waals surface area contributed by atoms with Gasteiger partial charge in [-0.15, -0.1) is 0 Å². The lowest BCUT2D eigenvalue weighted by Gasteiger charge is -2.29. The number of fused-ring (bicyclic) bond motifs is 6. The van der Waals surface area contributed by atoms with Crippen LogP contribution in [0.25, 0.3) is 65.4 Å². The second-order valence-electron chi connectivity index (χ2n) is 31.7. The number of phenols is 4. The van der Waals surface area contributed by atoms with Gasteiger partial charge in [0.05, 0.1) is 100 Å². The SMILES string of the molecule is Fc1ccccc1Nc1nc(NCC2CCCO2)c2ccccc2n1.Nc1nc(Nc2ccccc2O)nc2ccccc12.OCCNc1nc(Nc2ccccc2O)nc2ccccc12.Oc1ccccc1Nc1nc(NCc2ccccc2)c2ccccc2n1.Oc1ccccc1Nc1nc(NCc2ccco2)c2ccccc2n1.c1ccc(Nc2nc(N3CCOCC3)c3ccccc3n2)cc1. The Labute approximate surface area is 803 Å². The first-order valence-corrected chi connectivity index (χ1v) is 45.3. The van der Waals surface area contributed by atoms with E-state index in [1.807, 2.05) is 224 Å². The standard InChI is InChI=1S/C21H18N4O.C19H19FN4O.C19H16N4O2.C18H18N4O.C16H16N4O2.C14H12N4O/c26-19-13-7-6-12-18(19)24-21-23-17-11-5-4-10-16(17)20(25-21)22-14-15-8-2-1-3-9-15;20-15-8-2-4-10-17(15)23-19-22-16-9-3-1-7-14(16)18(24-19)21-12-13-6-5-11-25-13;24-17-10-4-3-9-16(17)22-19-21-15-8-2-1-7-14(15)18(23-19)20-12-13-6-5-11-25-13;1-2-6-14(7-3-1)19-18-20-16-9-5-4-8-15(16)17(21-18)22-10-12-23-13-11-22;21-10-9-17-15-11-5-1-2-6-12(11)18-16(20-15)19-13-7-3-4-8-14(13)22;15-13-9-5-1-2-6-10(9)16-14(18-13)17-11-7-3-4-8-12(11)19/h1-13,26H,14H2,(H2,22,23,24,25);1-4,7-10,13H,5-6,11-12H2,(H2,21,22,23,24);1-11,24H,12H2,(H2,20,21,22,23);1-9H,10-13H2,(H,19,20,21);1-8,21-22H,9-10H2,(H2,17,18,19,20);1-8,19H,(H3,15,16,17,18). The van der Waals surface area contributed by atoms with E-state index in [1.54, 1.807) is 97.3 Å². The third-order valence-corrected chi connectivity index (χ3v) is 21.9. The number of morpholine rings is 1. The maximum atomic E-state index is 13.9. The van der Waals surface area contributed by atoms with Crippen LogP contribution in [0.2, 0.25) is 0 Å². The number of hydrogen-bond acceptors (Lipinski definition) is 32. The summed E-state index contributed by atoms with van der Waals surface area (Å²) < 4.78 is 30.4. The molecule has 33 heteroatoms. The molecule has 22 rings (SSSR count). The van der Waals surface area contributed by atoms with Crippen molar-refractivity contribution in [1.82, 2.24) is 59.8 Å². The first kappa shape index (κ1) is 93.6. The Morgan fingerprint density at radius 2 is 0.700 bits per heavy atom. The van der Waals surface area contributed by atoms with Crippen molar-refractivity contribution in [3.8, 4) is 23.0 Å². The molecule has 9 heterocycles. The number of phenolic OH excluding ortho intramolecular Hbond substituents is 4. The highest BCUT2D eigenvalue weighted by atomic mass is 19.1. The van der Waals surface area contributed by atoms with Crippen LogP contribution >= 0.6 is 0 Å². The molecule has 2 saturated heterocycles. The third-order valence-electron chi connectivity index (χ3n) is 21.9. The number of aromatic nitrogens is 12. The van der Waals surface area contributed by atoms with Gasteiger partial charge < -0.3 is 103 Å². The molecule has 0 radical (unpaired) electrons. The molecular weight excluding hydrogens is 1770 g/mol. The van der Waals surface area contributed by atoms with Crippen LogP contribution in [0.4, 0.5) is 109 Å². The summed E-state index contributed by atoms with van der Waals surface area (Å²) in [6.45, 7) is 6.29. The van der Waals surface area contributed by atoms with E-state index in [9.17, 15) is 24.8 Å². The average molecular weight is 1870 g/mol. The lowest BCUT2D eigenvalue weighted by Crippen LogP contribution is -2.37. The molecule has 1 unspecified atom stereocenters. The summed E-state index contributed by atoms with van der Waals surface area (Å²) in [6, 6.07) is 105. The monoisotopic (exact) mass is 1870 g/mol. The molecular formula is C107H99FN24O8. The van der Waals surface area contributed by atoms with Gasteiger partial charge in [0, 0.05) is 77.3 Å². The zero-order chi connectivity index (χ0) is 96.0. The highest BCUT2D eigenvalue weighted by Crippen LogP contribution is 2.36. The van der Waals surface area contributed by atoms with Crippen LogP contribution in [0.5, 0.6) is 23.0 Å². The molecule has 13 aromatic carbocycles. The van der Waals surface area contributed by atoms with Crippen molar-refractivity contribution in [1.29, 1.82) is 0 Å². The highest BCUT2D eigenvalue weighted by Gasteiger charge is 2.22. The fourth-order valence-electron chi connectivity index (χ4n) is 15.0. The summed E-state index contributed by atoms with van der Waals surface area (Å²) in [6.07, 6.45) is 3.99. The molecule has 140 heavy (non-hydrogen) atoms. The fraction of sp³-hybridized carbons (Fsp3) is 0.121. The van der Waals surface area contributed by atoms with Crippen LogP contribution in [-0.4, -0.2) is 144 Å². The summed E-state index contributed by atoms with van der Waals surface area (Å²) in [4.78, 5) is 56.4. The van der Waals surface area contributed by atoms with E-state index < -0.39 is 0 Å². The smallest absolute Gasteiger partial charge is 0.229 e. The molecule has 702 valence electrons. The molecule has 17 N–H and O–H groups in total. The number of aliphatic hydroxyl groups excluding tert-OH is 1. The van der Waals surface area contributed by atoms with Gasteiger partial charge in [0.2, 0.25) is 35.7 Å². The maximum Gasteiger partial charge on any atom is 0.229 e. The minimum absolute atomic E-state index is 0.0144. The number of nitrogens with one attached hydrogen (secondary N) is 10. The number of nitrogens with zero attached hydrogens (tertiary/aromatic N) is 13. The Morgan fingerprint density at radius 3 is 1.14 bits per heavy atom. The molecule has 32 nitrogen and oxygen atoms in total. The average Bonchev–Trinajstić information content (AvgIpc) is 1.07. The Kier molecular flexibility index (Phi) is 31.2. The molecule has 7 aromatic heterocycles. The topological polar surface area (TPSA) is 437 Å². The molecule has 0 bridgehead atoms. The normalized spacial score (nSPS) is 12.4. The summed E-state index contributed by atoms with van der Waals surface area (Å²) in [5.74, 6) is 7.77. The van der Waals surface area contributed by atoms with Gasteiger partial charge in [-0.3, -0.25) is 0 Å². The minimum Gasteiger partial charge on any atom is -0.506 e. The number of para-hydroxylation sites is 16. The molecule has 0 saturated carbocycles. The maximum absolute atomic E-state index is 13.9. The van der Waals surface area contributed by atoms with E-state index in [1.165, 1.54) is 11.6 Å². The Balaban J connectivity index is 0.000000116. The molecule has 0 amide bonds. The predicted octanol–water partition coefficient (Wildman–Crippen LogP) is 21.4. The zero-order valence-electron chi connectivity index (χ0n) is 75.7. The number of aliphatic hydroxyl groups is 1. The van der Waals surface area contributed by atoms with Gasteiger partial charge >= 0.3 is 0 Å². The Morgan fingerprint density at radius 1 is 0.336 bits per heavy atom. The second-order valence-corrected chi connectivity index (χ2v) is 31.7. The van der Waals surface area contributed by atoms with Crippen molar-refractivity contribution in [3.05, 3.63) is 363 Å². The van der Waals surface area contributed by atoms with Gasteiger partial charge in [-0.2, -0.15) is 29.9 Å². The van der Waals surface area contributed by atoms with Crippen molar-refractivity contribution >= 4 is 170 Å². The van der Waals surface area contributed by atoms with Crippen LogP contribution < -0.4 is 63.8 Å². The molecule has 1 atom stereocenters. The number of halogens is 1. The van der Waals surface area contributed by atoms with E-state index in [4.69, 9.17) is 29.7 Å². The van der Waals surface area contributed by atoms with Gasteiger partial charge in [-0.1, -0.05) is 182 Å². The third kappa shape index (κ3) is 25.0. The van der Waals surface area contributed by atoms with Crippen LogP contribution in [0.3, 0.4) is 0 Å². The number of hydrogen-bond donors (Lipinski definition) is 16. The van der Waals surface area contributed by atoms with E-state index in [2.05, 4.69) is 131 Å². The number of rotatable bonds is 25. The lowest BCUT2D eigenvalue weighted by molar-refractivity contribution is 0.120. The molecule has 2 aliphatic rings. The number of aromatic hydroxyl groups is 4. The van der Waals surface area contributed by atoms with E-state index in [0.29, 0.717) is 108 Å². The van der Waals surface area contributed by atoms with E-state index >= 15 is 0 Å². The number of ether oxygens (including phenoxy) is 2. The summed E-state index contributed by atoms with van der Waals surface area (Å²) in [7, 11) is 0. The molecule has 2 fully saturated rings. The van der Waals surface area contributed by atoms with Crippen molar-refractivity contribution in [2.75, 3.05) is 116 Å². The highest BCUT2D eigenvalue weighted by molar-refractivity contribution is 5.95. The van der Waals surface area contributed by atoms with Gasteiger partial charge in [-0.05, 0) is 176 Å². The number of furan rings is 1. The van der Waals surface area contributed by atoms with Gasteiger partial charge in [-0.25, -0.2) is 34.3 Å². The van der Waals surface area contributed by atoms with Gasteiger partial charge in [0.15, 0.2) is 0 Å². The number of nitrogens with two attached hydrogens (primary N) is 1. The van der Waals surface area contributed by atoms with Crippen molar-refractivity contribution in [2.45, 2.75) is 32.0 Å². The van der Waals surface area contributed by atoms with Crippen molar-refractivity contribution < 1.29 is 43.8 Å². The summed E-state index contributed by atoms with van der Waals surface area (Å²) >= 11 is 0. The van der Waals surface area contributed by atoms with Gasteiger partial charge in [0.1, 0.15) is 69.5 Å². The van der Waals surface area contributed by atoms with Crippen LogP contribution in [0.15, 0.2) is 350 Å². The molecule has 0 aliphatic carbocycles. The number of benzene rings is 13. The largest absolute Gasteiger partial charge is 0.506 e. The minimum atomic E-state index is -0.340. The molecule has 2 aliphatic heterocycles. The van der Waals surface area contributed by atoms with Crippen molar-refractivity contribution in [3.63, 3.8) is 0 Å². The fourth-order valence-corrected chi connectivity index (χ4v) is 15.0. The summed E-state index contributed by atoms with van der Waals surface area (Å²) in [5, 5.41) is 85.5. The van der Waals surface area contributed by atoms with Crippen molar-refractivity contribution in [2.24, 2.45) is 0 Å². The first-order valence-electron chi connectivity index (χ1n) is 45.3. The zero-order valence-corrected chi connectivity index (χ0v) is 75.7. The number of anilines is 18. The Hall–Kier alpha value is -18.2. The molecule has 20 aromatic rings. The van der Waals surface area contributed by atoms with E-state index in [0.717, 1.165) is 140 Å². The van der Waals surface area contributed by atoms with Gasteiger partial charge in [0.25, 0.3) is 0 Å². The van der Waals surface area contributed by atoms with Crippen LogP contribution in [0.1, 0.15) is 24.2 Å². The predicted molar refractivity (Wildman–Crippen MR) is 552 cm³/mol. The number of nitrogen functional groups attached to an aromatic ring is 1. The second kappa shape index (κ2) is 46.6. The first-order chi connectivity index (χ1) is 68.8. The summed E-state index contributed by atoms with van der Waals surface area (Å²) in [5.41, 5.74) is 15.5. The van der Waals surface area contributed by atoms with Crippen LogP contribution in [-0.2, 0) is 22.6 Å². The lowest BCUT2D eigenvalue weighted by atomic mass is 10.2. The Bertz CT molecular complexity index is 7530. The quantitative estimate of drug-likeness (QED) is 0.0236.